The standard InChI is InChI=1S/C13H17N3/c1-9(2)13-6-7-16(15-13)11-4-5-12(14)10(3)8-11/h4-9H,14H2,1-3H3. The molecule has 0 radical (unpaired) electrons. The highest BCUT2D eigenvalue weighted by Gasteiger charge is 2.05. The van der Waals surface area contributed by atoms with Crippen LogP contribution in [0.3, 0.4) is 0 Å². The van der Waals surface area contributed by atoms with Gasteiger partial charge in [0, 0.05) is 11.9 Å². The van der Waals surface area contributed by atoms with Gasteiger partial charge in [0.25, 0.3) is 0 Å². The summed E-state index contributed by atoms with van der Waals surface area (Å²) in [6, 6.07) is 8.00. The fourth-order valence-corrected chi connectivity index (χ4v) is 1.59. The highest BCUT2D eigenvalue weighted by atomic mass is 15.3. The summed E-state index contributed by atoms with van der Waals surface area (Å²) in [6.07, 6.45) is 1.99. The van der Waals surface area contributed by atoms with Gasteiger partial charge in [-0.1, -0.05) is 13.8 Å². The lowest BCUT2D eigenvalue weighted by Gasteiger charge is -2.05. The van der Waals surface area contributed by atoms with Crippen LogP contribution in [0.4, 0.5) is 5.69 Å². The van der Waals surface area contributed by atoms with E-state index in [1.165, 1.54) is 0 Å². The van der Waals surface area contributed by atoms with Crippen molar-refractivity contribution in [1.29, 1.82) is 0 Å². The first kappa shape index (κ1) is 10.7. The zero-order valence-corrected chi connectivity index (χ0v) is 9.94. The number of nitrogens with zero attached hydrogens (tertiary/aromatic N) is 2. The predicted octanol–water partition coefficient (Wildman–Crippen LogP) is 2.89. The summed E-state index contributed by atoms with van der Waals surface area (Å²) in [5.41, 5.74) is 9.85. The van der Waals surface area contributed by atoms with Crippen molar-refractivity contribution in [2.24, 2.45) is 0 Å². The molecule has 0 fully saturated rings. The zero-order chi connectivity index (χ0) is 11.7. The van der Waals surface area contributed by atoms with Crippen molar-refractivity contribution >= 4 is 5.69 Å². The van der Waals surface area contributed by atoms with Crippen LogP contribution in [-0.2, 0) is 0 Å². The maximum Gasteiger partial charge on any atom is 0.0654 e. The Hall–Kier alpha value is -1.77. The number of benzene rings is 1. The lowest BCUT2D eigenvalue weighted by molar-refractivity contribution is 0.768. The molecule has 1 aromatic heterocycles. The first-order chi connectivity index (χ1) is 7.58. The van der Waals surface area contributed by atoms with Gasteiger partial charge in [0.1, 0.15) is 0 Å². The normalized spacial score (nSPS) is 11.0. The molecule has 0 atom stereocenters. The Kier molecular flexibility index (Phi) is 2.69. The van der Waals surface area contributed by atoms with Gasteiger partial charge in [-0.2, -0.15) is 5.10 Å². The van der Waals surface area contributed by atoms with E-state index in [2.05, 4.69) is 25.0 Å². The number of rotatable bonds is 2. The summed E-state index contributed by atoms with van der Waals surface area (Å²) in [5.74, 6) is 0.455. The zero-order valence-electron chi connectivity index (χ0n) is 9.94. The van der Waals surface area contributed by atoms with Crippen molar-refractivity contribution in [2.45, 2.75) is 26.7 Å². The van der Waals surface area contributed by atoms with Gasteiger partial charge in [-0.3, -0.25) is 0 Å². The van der Waals surface area contributed by atoms with Gasteiger partial charge < -0.3 is 5.73 Å². The Morgan fingerprint density at radius 2 is 2.00 bits per heavy atom. The largest absolute Gasteiger partial charge is 0.399 e. The minimum absolute atomic E-state index is 0.455. The van der Waals surface area contributed by atoms with Gasteiger partial charge in [0.15, 0.2) is 0 Å². The maximum atomic E-state index is 5.79. The van der Waals surface area contributed by atoms with Crippen LogP contribution in [0.15, 0.2) is 30.5 Å². The fraction of sp³-hybridized carbons (Fsp3) is 0.308. The second-order valence-corrected chi connectivity index (χ2v) is 4.38. The fourth-order valence-electron chi connectivity index (χ4n) is 1.59. The molecular weight excluding hydrogens is 198 g/mol. The second kappa shape index (κ2) is 4.00. The Morgan fingerprint density at radius 1 is 1.25 bits per heavy atom. The van der Waals surface area contributed by atoms with E-state index in [4.69, 9.17) is 5.73 Å². The molecule has 1 aromatic carbocycles. The summed E-state index contributed by atoms with van der Waals surface area (Å²) in [4.78, 5) is 0. The van der Waals surface area contributed by atoms with Gasteiger partial charge in [-0.25, -0.2) is 4.68 Å². The summed E-state index contributed by atoms with van der Waals surface area (Å²) in [7, 11) is 0. The molecule has 84 valence electrons. The number of aryl methyl sites for hydroxylation is 1. The van der Waals surface area contributed by atoms with Crippen LogP contribution in [0, 0.1) is 6.92 Å². The van der Waals surface area contributed by atoms with Crippen LogP contribution in [-0.4, -0.2) is 9.78 Å². The monoisotopic (exact) mass is 215 g/mol. The number of hydrogen-bond acceptors (Lipinski definition) is 2. The van der Waals surface area contributed by atoms with Crippen molar-refractivity contribution in [1.82, 2.24) is 9.78 Å². The average Bonchev–Trinajstić information content (AvgIpc) is 2.71. The smallest absolute Gasteiger partial charge is 0.0654 e. The SMILES string of the molecule is Cc1cc(-n2ccc(C(C)C)n2)ccc1N. The van der Waals surface area contributed by atoms with Crippen molar-refractivity contribution in [2.75, 3.05) is 5.73 Å². The van der Waals surface area contributed by atoms with Crippen molar-refractivity contribution in [3.05, 3.63) is 41.7 Å². The van der Waals surface area contributed by atoms with E-state index in [0.29, 0.717) is 5.92 Å². The van der Waals surface area contributed by atoms with Gasteiger partial charge in [0.2, 0.25) is 0 Å². The Labute approximate surface area is 95.9 Å². The Balaban J connectivity index is 2.39. The molecule has 0 aliphatic rings. The first-order valence-electron chi connectivity index (χ1n) is 5.50. The third-order valence-corrected chi connectivity index (χ3v) is 2.72. The Morgan fingerprint density at radius 3 is 2.56 bits per heavy atom. The molecule has 3 nitrogen and oxygen atoms in total. The van der Waals surface area contributed by atoms with E-state index >= 15 is 0 Å². The molecule has 1 heterocycles. The third-order valence-electron chi connectivity index (χ3n) is 2.72. The highest BCUT2D eigenvalue weighted by Crippen LogP contribution is 2.17. The van der Waals surface area contributed by atoms with E-state index < -0.39 is 0 Å². The molecule has 2 N–H and O–H groups in total. The van der Waals surface area contributed by atoms with Crippen LogP contribution in [0.1, 0.15) is 31.0 Å². The molecule has 2 rings (SSSR count). The van der Waals surface area contributed by atoms with Crippen molar-refractivity contribution in [3.63, 3.8) is 0 Å². The minimum atomic E-state index is 0.455. The lowest BCUT2D eigenvalue weighted by atomic mass is 10.1. The van der Waals surface area contributed by atoms with Crippen LogP contribution in [0.5, 0.6) is 0 Å². The molecule has 0 aliphatic heterocycles. The molecule has 0 saturated carbocycles. The van der Waals surface area contributed by atoms with Crippen LogP contribution >= 0.6 is 0 Å². The molecule has 0 unspecified atom stereocenters. The number of aromatic nitrogens is 2. The maximum absolute atomic E-state index is 5.79. The Bertz CT molecular complexity index is 498. The van der Waals surface area contributed by atoms with Gasteiger partial charge in [-0.15, -0.1) is 0 Å². The van der Waals surface area contributed by atoms with Crippen LogP contribution < -0.4 is 5.73 Å². The van der Waals surface area contributed by atoms with Gasteiger partial charge in [0.05, 0.1) is 11.4 Å². The lowest BCUT2D eigenvalue weighted by Crippen LogP contribution is -1.99. The number of nitrogens with two attached hydrogens (primary N) is 1. The molecule has 2 aromatic rings. The van der Waals surface area contributed by atoms with Crippen LogP contribution in [0.2, 0.25) is 0 Å². The first-order valence-corrected chi connectivity index (χ1v) is 5.50. The summed E-state index contributed by atoms with van der Waals surface area (Å²) < 4.78 is 1.89. The average molecular weight is 215 g/mol. The number of hydrogen-bond donors (Lipinski definition) is 1. The molecule has 0 aliphatic carbocycles. The summed E-state index contributed by atoms with van der Waals surface area (Å²) >= 11 is 0. The van der Waals surface area contributed by atoms with Gasteiger partial charge in [-0.05, 0) is 42.7 Å². The van der Waals surface area contributed by atoms with Gasteiger partial charge >= 0.3 is 0 Å². The van der Waals surface area contributed by atoms with Crippen molar-refractivity contribution < 1.29 is 0 Å². The van der Waals surface area contributed by atoms with Crippen molar-refractivity contribution in [3.8, 4) is 5.69 Å². The van der Waals surface area contributed by atoms with E-state index in [1.807, 2.05) is 36.0 Å². The molecule has 0 amide bonds. The number of anilines is 1. The number of nitrogen functional groups attached to an aromatic ring is 1. The molecule has 0 saturated heterocycles. The third kappa shape index (κ3) is 1.94. The highest BCUT2D eigenvalue weighted by molar-refractivity contribution is 5.51. The quantitative estimate of drug-likeness (QED) is 0.783. The van der Waals surface area contributed by atoms with E-state index in [1.54, 1.807) is 0 Å². The summed E-state index contributed by atoms with van der Waals surface area (Å²) in [5, 5.41) is 4.53. The van der Waals surface area contributed by atoms with E-state index in [-0.39, 0.29) is 0 Å². The van der Waals surface area contributed by atoms with E-state index in [0.717, 1.165) is 22.6 Å². The second-order valence-electron chi connectivity index (χ2n) is 4.38. The minimum Gasteiger partial charge on any atom is -0.399 e. The van der Waals surface area contributed by atoms with E-state index in [9.17, 15) is 0 Å². The molecule has 16 heavy (non-hydrogen) atoms. The summed E-state index contributed by atoms with van der Waals surface area (Å²) in [6.45, 7) is 6.29. The molecular formula is C13H17N3. The van der Waals surface area contributed by atoms with Crippen LogP contribution in [0.25, 0.3) is 5.69 Å². The molecule has 0 bridgehead atoms. The topological polar surface area (TPSA) is 43.8 Å². The molecule has 3 heteroatoms. The molecule has 0 spiro atoms. The predicted molar refractivity (Wildman–Crippen MR) is 66.8 cm³/mol.